The highest BCUT2D eigenvalue weighted by atomic mass is 32.2. The average Bonchev–Trinajstić information content (AvgIpc) is 3.17. The van der Waals surface area contributed by atoms with Gasteiger partial charge in [0.2, 0.25) is 15.9 Å². The van der Waals surface area contributed by atoms with Crippen molar-refractivity contribution in [2.75, 3.05) is 18.4 Å². The summed E-state index contributed by atoms with van der Waals surface area (Å²) in [6.07, 6.45) is 10.3. The van der Waals surface area contributed by atoms with Crippen molar-refractivity contribution in [1.82, 2.24) is 4.31 Å². The summed E-state index contributed by atoms with van der Waals surface area (Å²) in [6, 6.07) is 5.23. The largest absolute Gasteiger partial charge is 0.326 e. The van der Waals surface area contributed by atoms with Crippen LogP contribution in [0.5, 0.6) is 0 Å². The normalized spacial score (nSPS) is 28.3. The lowest BCUT2D eigenvalue weighted by Crippen LogP contribution is -2.32. The first kappa shape index (κ1) is 18.7. The zero-order valence-electron chi connectivity index (χ0n) is 15.9. The van der Waals surface area contributed by atoms with Gasteiger partial charge in [-0.1, -0.05) is 31.1 Å². The van der Waals surface area contributed by atoms with Crippen LogP contribution in [0.3, 0.4) is 0 Å². The molecule has 6 heteroatoms. The van der Waals surface area contributed by atoms with E-state index in [4.69, 9.17) is 0 Å². The molecule has 0 aromatic heterocycles. The first-order valence-corrected chi connectivity index (χ1v) is 11.5. The molecular formula is C21H28N2O3S. The predicted molar refractivity (Wildman–Crippen MR) is 106 cm³/mol. The summed E-state index contributed by atoms with van der Waals surface area (Å²) in [5, 5.41) is 2.97. The van der Waals surface area contributed by atoms with Gasteiger partial charge in [0.1, 0.15) is 0 Å². The molecule has 3 atom stereocenters. The molecule has 1 aliphatic heterocycles. The Morgan fingerprint density at radius 3 is 2.44 bits per heavy atom. The fourth-order valence-electron chi connectivity index (χ4n) is 4.69. The number of sulfonamides is 1. The lowest BCUT2D eigenvalue weighted by atomic mass is 9.93. The standard InChI is InChI=1S/C21H28N2O3S/c1-15-6-9-18(22-21(24)19-13-16-7-8-17(19)12-16)14-20(15)27(25,26)23-10-4-2-3-5-11-23/h6-9,14,16-17,19H,2-5,10-13H2,1H3,(H,22,24)/t16-,17-,19+/m0/s1. The minimum absolute atomic E-state index is 0.00645. The van der Waals surface area contributed by atoms with E-state index in [1.165, 1.54) is 0 Å². The van der Waals surface area contributed by atoms with Crippen molar-refractivity contribution in [1.29, 1.82) is 0 Å². The molecule has 1 amide bonds. The molecule has 0 spiro atoms. The van der Waals surface area contributed by atoms with Gasteiger partial charge in [0.15, 0.2) is 0 Å². The van der Waals surface area contributed by atoms with Crippen LogP contribution in [-0.2, 0) is 14.8 Å². The number of allylic oxidation sites excluding steroid dienone is 2. The number of carbonyl (C=O) groups is 1. The van der Waals surface area contributed by atoms with Crippen LogP contribution >= 0.6 is 0 Å². The van der Waals surface area contributed by atoms with Gasteiger partial charge < -0.3 is 5.32 Å². The monoisotopic (exact) mass is 388 g/mol. The Bertz CT molecular complexity index is 854. The molecule has 2 aliphatic carbocycles. The molecule has 146 valence electrons. The number of nitrogens with zero attached hydrogens (tertiary/aromatic N) is 1. The molecule has 1 heterocycles. The lowest BCUT2D eigenvalue weighted by molar-refractivity contribution is -0.120. The van der Waals surface area contributed by atoms with Crippen LogP contribution in [0.1, 0.15) is 44.1 Å². The molecule has 1 saturated heterocycles. The van der Waals surface area contributed by atoms with Crippen LogP contribution in [0, 0.1) is 24.7 Å². The highest BCUT2D eigenvalue weighted by Crippen LogP contribution is 2.43. The zero-order chi connectivity index (χ0) is 19.0. The third-order valence-corrected chi connectivity index (χ3v) is 8.29. The van der Waals surface area contributed by atoms with Crippen LogP contribution in [0.15, 0.2) is 35.2 Å². The quantitative estimate of drug-likeness (QED) is 0.800. The van der Waals surface area contributed by atoms with E-state index in [0.29, 0.717) is 35.5 Å². The van der Waals surface area contributed by atoms with Gasteiger partial charge in [0, 0.05) is 24.7 Å². The maximum Gasteiger partial charge on any atom is 0.243 e. The summed E-state index contributed by atoms with van der Waals surface area (Å²) in [6.45, 7) is 2.97. The van der Waals surface area contributed by atoms with Crippen LogP contribution < -0.4 is 5.32 Å². The zero-order valence-corrected chi connectivity index (χ0v) is 16.7. The summed E-state index contributed by atoms with van der Waals surface area (Å²) >= 11 is 0. The number of benzene rings is 1. The molecule has 1 saturated carbocycles. The number of carbonyl (C=O) groups excluding carboxylic acids is 1. The van der Waals surface area contributed by atoms with Gasteiger partial charge in [-0.3, -0.25) is 4.79 Å². The van der Waals surface area contributed by atoms with Gasteiger partial charge in [0.05, 0.1) is 4.90 Å². The minimum Gasteiger partial charge on any atom is -0.326 e. The van der Waals surface area contributed by atoms with Crippen LogP contribution in [-0.4, -0.2) is 31.7 Å². The van der Waals surface area contributed by atoms with Gasteiger partial charge >= 0.3 is 0 Å². The molecule has 1 N–H and O–H groups in total. The molecule has 0 unspecified atom stereocenters. The van der Waals surface area contributed by atoms with Crippen molar-refractivity contribution in [2.24, 2.45) is 17.8 Å². The third-order valence-electron chi connectivity index (χ3n) is 6.25. The Morgan fingerprint density at radius 1 is 1.07 bits per heavy atom. The minimum atomic E-state index is -3.53. The maximum atomic E-state index is 13.2. The first-order valence-electron chi connectivity index (χ1n) is 10.0. The summed E-state index contributed by atoms with van der Waals surface area (Å²) in [7, 11) is -3.53. The highest BCUT2D eigenvalue weighted by molar-refractivity contribution is 7.89. The Labute approximate surface area is 161 Å². The summed E-state index contributed by atoms with van der Waals surface area (Å²) in [5.74, 6) is 0.879. The van der Waals surface area contributed by atoms with Gasteiger partial charge in [-0.15, -0.1) is 0 Å². The molecule has 3 aliphatic rings. The molecule has 1 aromatic rings. The fraction of sp³-hybridized carbons (Fsp3) is 0.571. The first-order chi connectivity index (χ1) is 12.9. The summed E-state index contributed by atoms with van der Waals surface area (Å²) < 4.78 is 27.9. The van der Waals surface area contributed by atoms with E-state index < -0.39 is 10.0 Å². The molecule has 2 bridgehead atoms. The van der Waals surface area contributed by atoms with E-state index in [-0.39, 0.29) is 11.8 Å². The second-order valence-corrected chi connectivity index (χ2v) is 10.1. The number of anilines is 1. The molecule has 5 nitrogen and oxygen atoms in total. The van der Waals surface area contributed by atoms with Gasteiger partial charge in [-0.25, -0.2) is 8.42 Å². The highest BCUT2D eigenvalue weighted by Gasteiger charge is 2.39. The van der Waals surface area contributed by atoms with Gasteiger partial charge in [-0.05, 0) is 62.1 Å². The smallest absolute Gasteiger partial charge is 0.243 e. The second-order valence-electron chi connectivity index (χ2n) is 8.17. The SMILES string of the molecule is Cc1ccc(NC(=O)[C@@H]2C[C@H]3C=C[C@H]2C3)cc1S(=O)(=O)N1CCCCCC1. The second kappa shape index (κ2) is 7.40. The van der Waals surface area contributed by atoms with E-state index in [2.05, 4.69) is 17.5 Å². The molecule has 4 rings (SSSR count). The Kier molecular flexibility index (Phi) is 5.12. The number of rotatable bonds is 4. The molecule has 27 heavy (non-hydrogen) atoms. The number of aryl methyl sites for hydroxylation is 1. The number of amides is 1. The van der Waals surface area contributed by atoms with Gasteiger partial charge in [-0.2, -0.15) is 4.31 Å². The van der Waals surface area contributed by atoms with E-state index >= 15 is 0 Å². The number of hydrogen-bond donors (Lipinski definition) is 1. The van der Waals surface area contributed by atoms with Crippen molar-refractivity contribution < 1.29 is 13.2 Å². The Hall–Kier alpha value is -1.66. The molecule has 0 radical (unpaired) electrons. The van der Waals surface area contributed by atoms with Crippen LogP contribution in [0.4, 0.5) is 5.69 Å². The molecular weight excluding hydrogens is 360 g/mol. The fourth-order valence-corrected chi connectivity index (χ4v) is 6.46. The maximum absolute atomic E-state index is 13.2. The number of nitrogens with one attached hydrogen (secondary N) is 1. The summed E-state index contributed by atoms with van der Waals surface area (Å²) in [4.78, 5) is 13.0. The van der Waals surface area contributed by atoms with E-state index in [0.717, 1.165) is 44.1 Å². The predicted octanol–water partition coefficient (Wildman–Crippen LogP) is 3.71. The lowest BCUT2D eigenvalue weighted by Gasteiger charge is -2.22. The third kappa shape index (κ3) is 3.69. The number of fused-ring (bicyclic) bond motifs is 2. The van der Waals surface area contributed by atoms with E-state index in [9.17, 15) is 13.2 Å². The van der Waals surface area contributed by atoms with Gasteiger partial charge in [0.25, 0.3) is 0 Å². The van der Waals surface area contributed by atoms with Crippen molar-refractivity contribution in [3.8, 4) is 0 Å². The Morgan fingerprint density at radius 2 is 1.81 bits per heavy atom. The summed E-state index contributed by atoms with van der Waals surface area (Å²) in [5.41, 5.74) is 1.30. The number of hydrogen-bond acceptors (Lipinski definition) is 3. The molecule has 2 fully saturated rings. The van der Waals surface area contributed by atoms with E-state index in [1.807, 2.05) is 6.92 Å². The van der Waals surface area contributed by atoms with E-state index in [1.54, 1.807) is 22.5 Å². The van der Waals surface area contributed by atoms with Crippen molar-refractivity contribution in [2.45, 2.75) is 50.3 Å². The average molecular weight is 389 g/mol. The van der Waals surface area contributed by atoms with Crippen LogP contribution in [0.25, 0.3) is 0 Å². The Balaban J connectivity index is 1.54. The van der Waals surface area contributed by atoms with Crippen molar-refractivity contribution in [3.63, 3.8) is 0 Å². The van der Waals surface area contributed by atoms with Crippen LogP contribution in [0.2, 0.25) is 0 Å². The van der Waals surface area contributed by atoms with Crippen molar-refractivity contribution in [3.05, 3.63) is 35.9 Å². The van der Waals surface area contributed by atoms with Crippen molar-refractivity contribution >= 4 is 21.6 Å². The molecule has 1 aromatic carbocycles. The topological polar surface area (TPSA) is 66.5 Å².